The highest BCUT2D eigenvalue weighted by Crippen LogP contribution is 2.29. The highest BCUT2D eigenvalue weighted by molar-refractivity contribution is 7.13. The molecule has 0 unspecified atom stereocenters. The Morgan fingerprint density at radius 2 is 1.43 bits per heavy atom. The number of rotatable bonds is 26. The Morgan fingerprint density at radius 3 is 2.11 bits per heavy atom. The van der Waals surface area contributed by atoms with Crippen LogP contribution in [0.15, 0.2) is 96.6 Å². The third-order valence-corrected chi connectivity index (χ3v) is 15.4. The molecule has 20 heteroatoms. The average molecular weight is 1120 g/mol. The van der Waals surface area contributed by atoms with E-state index in [9.17, 15) is 34.3 Å². The first-order valence-corrected chi connectivity index (χ1v) is 28.5. The normalized spacial score (nSPS) is 15.9. The first kappa shape index (κ1) is 59.7. The number of aryl methyl sites for hydroxylation is 1. The summed E-state index contributed by atoms with van der Waals surface area (Å²) in [7, 11) is 0. The molecule has 2 aliphatic heterocycles. The second kappa shape index (κ2) is 28.9. The number of hydrogen-bond donors (Lipinski definition) is 4. The molecule has 0 saturated carbocycles. The molecule has 0 radical (unpaired) electrons. The van der Waals surface area contributed by atoms with Gasteiger partial charge < -0.3 is 54.7 Å². The summed E-state index contributed by atoms with van der Waals surface area (Å²) in [5.41, 5.74) is 8.15. The lowest BCUT2D eigenvalue weighted by Crippen LogP contribution is -2.57. The van der Waals surface area contributed by atoms with E-state index in [-0.39, 0.29) is 75.8 Å². The number of β-amino-alcohol motifs (C(OH)–C–C–N with tert-alkyl or cyclic N) is 1. The van der Waals surface area contributed by atoms with Crippen LogP contribution in [0.25, 0.3) is 32.1 Å². The molecule has 2 fully saturated rings. The number of aliphatic hydroxyl groups is 1. The number of carbonyl (C=O) groups is 5. The quantitative estimate of drug-likeness (QED) is 0.0437. The van der Waals surface area contributed by atoms with E-state index in [1.165, 1.54) is 4.90 Å². The third kappa shape index (κ3) is 16.6. The zero-order chi connectivity index (χ0) is 57.3. The number of likely N-dealkylation sites (tertiary alicyclic amines) is 1. The van der Waals surface area contributed by atoms with Gasteiger partial charge in [0.05, 0.1) is 98.6 Å². The van der Waals surface area contributed by atoms with E-state index >= 15 is 0 Å². The highest BCUT2D eigenvalue weighted by atomic mass is 32.1. The van der Waals surface area contributed by atoms with Crippen LogP contribution in [-0.4, -0.2) is 170 Å². The largest absolute Gasteiger partial charge is 0.391 e. The minimum absolute atomic E-state index is 0.0110. The summed E-state index contributed by atoms with van der Waals surface area (Å²) in [6.45, 7) is 12.5. The maximum Gasteiger partial charge on any atom is 0.253 e. The molecule has 0 spiro atoms. The van der Waals surface area contributed by atoms with E-state index < -0.39 is 29.5 Å². The van der Waals surface area contributed by atoms with E-state index in [2.05, 4.69) is 44.1 Å². The number of fused-ring (bicyclic) bond motifs is 2. The Bertz CT molecular complexity index is 3170. The molecular formula is C61H73N9O10S. The van der Waals surface area contributed by atoms with Crippen LogP contribution in [0.1, 0.15) is 72.8 Å². The summed E-state index contributed by atoms with van der Waals surface area (Å²) in [5, 5.41) is 32.1. The highest BCUT2D eigenvalue weighted by Gasteiger charge is 2.44. The monoisotopic (exact) mass is 1120 g/mol. The van der Waals surface area contributed by atoms with Gasteiger partial charge in [-0.1, -0.05) is 69.3 Å². The Kier molecular flexibility index (Phi) is 21.3. The van der Waals surface area contributed by atoms with Crippen molar-refractivity contribution in [1.82, 2.24) is 35.3 Å². The van der Waals surface area contributed by atoms with Gasteiger partial charge in [-0.25, -0.2) is 4.98 Å². The number of ether oxygens (including phenoxy) is 4. The topological polar surface area (TPSA) is 238 Å². The van der Waals surface area contributed by atoms with Crippen LogP contribution in [0.4, 0.5) is 5.69 Å². The van der Waals surface area contributed by atoms with E-state index in [0.29, 0.717) is 76.9 Å². The summed E-state index contributed by atoms with van der Waals surface area (Å²) in [6, 6.07) is 27.7. The van der Waals surface area contributed by atoms with E-state index in [1.54, 1.807) is 33.4 Å². The molecule has 4 N–H and O–H groups in total. The minimum Gasteiger partial charge on any atom is -0.391 e. The third-order valence-electron chi connectivity index (χ3n) is 14.4. The summed E-state index contributed by atoms with van der Waals surface area (Å²) in [5.74, 6) is -1.25. The molecule has 5 amide bonds. The van der Waals surface area contributed by atoms with Crippen LogP contribution in [0, 0.1) is 23.7 Å². The number of aliphatic hydroxyl groups excluding tert-OH is 1. The number of thiazole rings is 1. The van der Waals surface area contributed by atoms with Gasteiger partial charge in [0, 0.05) is 81.5 Å². The maximum absolute atomic E-state index is 14.0. The van der Waals surface area contributed by atoms with Crippen molar-refractivity contribution in [2.75, 3.05) is 97.4 Å². The zero-order valence-corrected chi connectivity index (χ0v) is 47.4. The number of nitrogens with zero attached hydrogens (tertiary/aromatic N) is 6. The van der Waals surface area contributed by atoms with Crippen LogP contribution in [0.3, 0.4) is 0 Å². The van der Waals surface area contributed by atoms with Crippen molar-refractivity contribution in [3.63, 3.8) is 0 Å². The van der Waals surface area contributed by atoms with Crippen LogP contribution >= 0.6 is 11.3 Å². The number of aromatic nitrogens is 2. The van der Waals surface area contributed by atoms with Crippen molar-refractivity contribution in [1.29, 1.82) is 5.26 Å². The number of anilines is 1. The van der Waals surface area contributed by atoms with Crippen LogP contribution in [0.5, 0.6) is 0 Å². The molecule has 81 heavy (non-hydrogen) atoms. The van der Waals surface area contributed by atoms with Crippen molar-refractivity contribution in [3.05, 3.63) is 125 Å². The Hall–Kier alpha value is -7.38. The molecule has 2 saturated heterocycles. The molecule has 2 aromatic heterocycles. The second-order valence-electron chi connectivity index (χ2n) is 21.3. The number of nitriles is 1. The van der Waals surface area contributed by atoms with Crippen molar-refractivity contribution in [3.8, 4) is 16.5 Å². The fourth-order valence-corrected chi connectivity index (χ4v) is 10.7. The standard InChI is InChI=1S/C61H73N9O10S/c1-41-56(81-40-66-41)45-9-6-43(7-10-45)38-65-58(74)53-36-49(71)39-70(53)60(76)57(61(2,3)4)67-54(72)17-25-77-27-29-79-31-32-80-30-28-78-26-18-55(73)68-21-23-69(24-22-68)59(75)48-13-12-46-33-42(5-11-47(46)35-48)15-19-63-52-16-20-64-51-14-8-44(37-62)34-50(51)52/h5-14,16,20,33-35,40,49,53,57,71H,15,17-19,21-32,36,38-39H2,1-4H3,(H,63,64)(H,65,74)(H,67,72)/t49-,53+,57-/m1/s1. The van der Waals surface area contributed by atoms with Crippen molar-refractivity contribution in [2.24, 2.45) is 5.41 Å². The molecule has 6 aromatic rings. The van der Waals surface area contributed by atoms with Crippen LogP contribution < -0.4 is 16.0 Å². The molecule has 8 rings (SSSR count). The van der Waals surface area contributed by atoms with Gasteiger partial charge in [-0.2, -0.15) is 5.26 Å². The SMILES string of the molecule is Cc1ncsc1-c1ccc(CNC(=O)[C@@H]2C[C@@H](O)CN2C(=O)[C@@H](NC(=O)CCOCCOCCOCCOCCC(=O)N2CCN(C(=O)c3ccc4cc(CCNc5ccnc6ccc(C#N)cc56)ccc4c3)CC2)C(C)(C)C)cc1. The lowest BCUT2D eigenvalue weighted by Gasteiger charge is -2.35. The number of benzene rings is 4. The summed E-state index contributed by atoms with van der Waals surface area (Å²) >= 11 is 1.57. The molecular weight excluding hydrogens is 1050 g/mol. The number of hydrogen-bond acceptors (Lipinski definition) is 15. The van der Waals surface area contributed by atoms with E-state index in [4.69, 9.17) is 18.9 Å². The second-order valence-corrected chi connectivity index (χ2v) is 22.2. The summed E-state index contributed by atoms with van der Waals surface area (Å²) < 4.78 is 22.5. The number of carbonyl (C=O) groups excluding carboxylic acids is 5. The Balaban J connectivity index is 0.634. The van der Waals surface area contributed by atoms with Crippen LogP contribution in [-0.2, 0) is 51.1 Å². The molecule has 0 bridgehead atoms. The minimum atomic E-state index is -0.943. The van der Waals surface area contributed by atoms with Gasteiger partial charge in [0.25, 0.3) is 5.91 Å². The number of nitrogens with one attached hydrogen (secondary N) is 3. The van der Waals surface area contributed by atoms with Gasteiger partial charge in [0.2, 0.25) is 23.6 Å². The van der Waals surface area contributed by atoms with E-state index in [1.807, 2.05) is 99.9 Å². The Labute approximate surface area is 476 Å². The first-order valence-electron chi connectivity index (χ1n) is 27.6. The summed E-state index contributed by atoms with van der Waals surface area (Å²) in [4.78, 5) is 81.7. The lowest BCUT2D eigenvalue weighted by molar-refractivity contribution is -0.144. The number of pyridine rings is 1. The lowest BCUT2D eigenvalue weighted by atomic mass is 9.85. The first-order chi connectivity index (χ1) is 39.1. The summed E-state index contributed by atoms with van der Waals surface area (Å²) in [6.07, 6.45) is 2.02. The predicted molar refractivity (Wildman–Crippen MR) is 309 cm³/mol. The molecule has 3 atom stereocenters. The Morgan fingerprint density at radius 1 is 0.778 bits per heavy atom. The fourth-order valence-electron chi connectivity index (χ4n) is 9.89. The molecule has 2 aliphatic rings. The van der Waals surface area contributed by atoms with Gasteiger partial charge in [0.1, 0.15) is 12.1 Å². The van der Waals surface area contributed by atoms with Crippen molar-refractivity contribution >= 4 is 68.2 Å². The predicted octanol–water partition coefficient (Wildman–Crippen LogP) is 6.29. The molecule has 4 heterocycles. The molecule has 428 valence electrons. The molecule has 4 aromatic carbocycles. The van der Waals surface area contributed by atoms with Gasteiger partial charge >= 0.3 is 0 Å². The van der Waals surface area contributed by atoms with Gasteiger partial charge in [-0.3, -0.25) is 29.0 Å². The number of piperazine rings is 1. The smallest absolute Gasteiger partial charge is 0.253 e. The van der Waals surface area contributed by atoms with Gasteiger partial charge in [0.15, 0.2) is 0 Å². The molecule has 0 aliphatic carbocycles. The van der Waals surface area contributed by atoms with Crippen molar-refractivity contribution < 1.29 is 48.0 Å². The number of amides is 5. The van der Waals surface area contributed by atoms with Gasteiger partial charge in [-0.05, 0) is 82.6 Å². The van der Waals surface area contributed by atoms with Crippen molar-refractivity contribution in [2.45, 2.75) is 78.1 Å². The molecule has 19 nitrogen and oxygen atoms in total. The van der Waals surface area contributed by atoms with E-state index in [0.717, 1.165) is 61.0 Å². The fraction of sp³-hybridized carbons (Fsp3) is 0.443. The van der Waals surface area contributed by atoms with Crippen LogP contribution in [0.2, 0.25) is 0 Å². The zero-order valence-electron chi connectivity index (χ0n) is 46.6. The van der Waals surface area contributed by atoms with Gasteiger partial charge in [-0.15, -0.1) is 11.3 Å². The average Bonchev–Trinajstić information content (AvgIpc) is 4.30. The maximum atomic E-state index is 14.0.